The lowest BCUT2D eigenvalue weighted by atomic mass is 10.0. The minimum atomic E-state index is -0.514. The van der Waals surface area contributed by atoms with Gasteiger partial charge in [0.25, 0.3) is 0 Å². The molecule has 2 aromatic carbocycles. The Morgan fingerprint density at radius 1 is 1.10 bits per heavy atom. The van der Waals surface area contributed by atoms with Gasteiger partial charge in [0.1, 0.15) is 6.04 Å². The summed E-state index contributed by atoms with van der Waals surface area (Å²) >= 11 is 3.39. The van der Waals surface area contributed by atoms with Gasteiger partial charge in [0.15, 0.2) is 0 Å². The standard InChI is InChI=1S/C17H17BrN2O/c18-14-7-9-15(10-8-14)20-16(17(19)21)13-5-3-12(4-6-13)11-1-2-11/h3-11,16,20H,1-2H2,(H2,19,21). The predicted octanol–water partition coefficient (Wildman–Crippen LogP) is 3.97. The fraction of sp³-hybridized carbons (Fsp3) is 0.235. The molecule has 0 bridgehead atoms. The molecule has 0 saturated heterocycles. The molecule has 0 heterocycles. The number of hydrogen-bond donors (Lipinski definition) is 2. The number of anilines is 1. The minimum Gasteiger partial charge on any atom is -0.370 e. The van der Waals surface area contributed by atoms with Gasteiger partial charge in [-0.2, -0.15) is 0 Å². The van der Waals surface area contributed by atoms with Crippen molar-refractivity contribution in [2.75, 3.05) is 5.32 Å². The summed E-state index contributed by atoms with van der Waals surface area (Å²) in [5.74, 6) is 0.336. The average Bonchev–Trinajstić information content (AvgIpc) is 3.31. The highest BCUT2D eigenvalue weighted by molar-refractivity contribution is 9.10. The summed E-state index contributed by atoms with van der Waals surface area (Å²) in [6, 6.07) is 15.4. The van der Waals surface area contributed by atoms with Crippen molar-refractivity contribution in [2.24, 2.45) is 5.73 Å². The molecule has 0 aliphatic heterocycles. The molecule has 4 heteroatoms. The lowest BCUT2D eigenvalue weighted by Crippen LogP contribution is -2.27. The summed E-state index contributed by atoms with van der Waals surface area (Å²) in [6.07, 6.45) is 2.55. The van der Waals surface area contributed by atoms with Gasteiger partial charge in [0.2, 0.25) is 5.91 Å². The van der Waals surface area contributed by atoms with Crippen LogP contribution in [0.4, 0.5) is 5.69 Å². The summed E-state index contributed by atoms with van der Waals surface area (Å²) in [6.45, 7) is 0. The maximum atomic E-state index is 11.8. The van der Waals surface area contributed by atoms with Crippen molar-refractivity contribution < 1.29 is 4.79 Å². The third kappa shape index (κ3) is 3.45. The van der Waals surface area contributed by atoms with Gasteiger partial charge in [-0.25, -0.2) is 0 Å². The van der Waals surface area contributed by atoms with Crippen molar-refractivity contribution in [3.8, 4) is 0 Å². The van der Waals surface area contributed by atoms with Crippen LogP contribution in [0.3, 0.4) is 0 Å². The number of benzene rings is 2. The second-order valence-electron chi connectivity index (χ2n) is 5.43. The molecule has 1 unspecified atom stereocenters. The lowest BCUT2D eigenvalue weighted by Gasteiger charge is -2.17. The highest BCUT2D eigenvalue weighted by Gasteiger charge is 2.24. The van der Waals surface area contributed by atoms with Crippen molar-refractivity contribution >= 4 is 27.5 Å². The smallest absolute Gasteiger partial charge is 0.244 e. The molecule has 1 amide bonds. The topological polar surface area (TPSA) is 55.1 Å². The summed E-state index contributed by atoms with van der Waals surface area (Å²) in [5.41, 5.74) is 8.67. The number of hydrogen-bond acceptors (Lipinski definition) is 2. The average molecular weight is 345 g/mol. The first-order chi connectivity index (χ1) is 10.1. The van der Waals surface area contributed by atoms with Gasteiger partial charge in [-0.1, -0.05) is 40.2 Å². The zero-order valence-corrected chi connectivity index (χ0v) is 13.1. The van der Waals surface area contributed by atoms with E-state index in [0.29, 0.717) is 5.92 Å². The third-order valence-corrected chi connectivity index (χ3v) is 4.29. The second-order valence-corrected chi connectivity index (χ2v) is 6.34. The molecule has 3 N–H and O–H groups in total. The Balaban J connectivity index is 1.79. The number of nitrogens with two attached hydrogens (primary N) is 1. The van der Waals surface area contributed by atoms with Crippen molar-refractivity contribution in [3.63, 3.8) is 0 Å². The highest BCUT2D eigenvalue weighted by Crippen LogP contribution is 2.40. The highest BCUT2D eigenvalue weighted by atomic mass is 79.9. The van der Waals surface area contributed by atoms with Gasteiger partial charge in [0.05, 0.1) is 0 Å². The van der Waals surface area contributed by atoms with E-state index in [1.54, 1.807) is 0 Å². The summed E-state index contributed by atoms with van der Waals surface area (Å²) < 4.78 is 0.998. The Kier molecular flexibility index (Phi) is 3.97. The summed E-state index contributed by atoms with van der Waals surface area (Å²) in [5, 5.41) is 3.19. The molecule has 3 rings (SSSR count). The molecule has 3 nitrogen and oxygen atoms in total. The van der Waals surface area contributed by atoms with Gasteiger partial charge in [-0.05, 0) is 54.2 Å². The number of nitrogens with one attached hydrogen (secondary N) is 1. The van der Waals surface area contributed by atoms with E-state index in [9.17, 15) is 4.79 Å². The Morgan fingerprint density at radius 2 is 1.71 bits per heavy atom. The van der Waals surface area contributed by atoms with E-state index in [2.05, 4.69) is 33.4 Å². The number of carbonyl (C=O) groups is 1. The van der Waals surface area contributed by atoms with Crippen LogP contribution < -0.4 is 11.1 Å². The molecule has 108 valence electrons. The zero-order valence-electron chi connectivity index (χ0n) is 11.6. The Morgan fingerprint density at radius 3 is 2.24 bits per heavy atom. The predicted molar refractivity (Wildman–Crippen MR) is 88.1 cm³/mol. The minimum absolute atomic E-state index is 0.378. The summed E-state index contributed by atoms with van der Waals surface area (Å²) in [7, 11) is 0. The fourth-order valence-electron chi connectivity index (χ4n) is 2.41. The maximum Gasteiger partial charge on any atom is 0.244 e. The van der Waals surface area contributed by atoms with Crippen molar-refractivity contribution in [1.29, 1.82) is 0 Å². The first-order valence-corrected chi connectivity index (χ1v) is 7.84. The molecule has 1 aliphatic rings. The lowest BCUT2D eigenvalue weighted by molar-refractivity contribution is -0.118. The molecule has 0 radical (unpaired) electrons. The van der Waals surface area contributed by atoms with Crippen molar-refractivity contribution in [1.82, 2.24) is 0 Å². The molecule has 2 aromatic rings. The van der Waals surface area contributed by atoms with E-state index >= 15 is 0 Å². The Labute approximate surface area is 132 Å². The van der Waals surface area contributed by atoms with Crippen molar-refractivity contribution in [3.05, 3.63) is 64.1 Å². The molecular weight excluding hydrogens is 328 g/mol. The van der Waals surface area contributed by atoms with Crippen LogP contribution >= 0.6 is 15.9 Å². The van der Waals surface area contributed by atoms with Crippen LogP contribution in [0.15, 0.2) is 53.0 Å². The van der Waals surface area contributed by atoms with Gasteiger partial charge in [-0.3, -0.25) is 4.79 Å². The molecule has 21 heavy (non-hydrogen) atoms. The molecule has 1 fully saturated rings. The second kappa shape index (κ2) is 5.90. The van der Waals surface area contributed by atoms with E-state index in [-0.39, 0.29) is 5.91 Å². The van der Waals surface area contributed by atoms with Gasteiger partial charge in [0, 0.05) is 10.2 Å². The van der Waals surface area contributed by atoms with Crippen LogP contribution in [0.25, 0.3) is 0 Å². The first kappa shape index (κ1) is 14.1. The maximum absolute atomic E-state index is 11.8. The molecular formula is C17H17BrN2O. The van der Waals surface area contributed by atoms with Crippen molar-refractivity contribution in [2.45, 2.75) is 24.8 Å². The van der Waals surface area contributed by atoms with E-state index in [1.807, 2.05) is 36.4 Å². The quantitative estimate of drug-likeness (QED) is 0.862. The summed E-state index contributed by atoms with van der Waals surface area (Å²) in [4.78, 5) is 11.8. The first-order valence-electron chi connectivity index (χ1n) is 7.05. The number of primary amides is 1. The van der Waals surface area contributed by atoms with Crippen LogP contribution in [-0.4, -0.2) is 5.91 Å². The van der Waals surface area contributed by atoms with Crippen LogP contribution in [0, 0.1) is 0 Å². The van der Waals surface area contributed by atoms with Gasteiger partial charge >= 0.3 is 0 Å². The number of amides is 1. The molecule has 1 atom stereocenters. The van der Waals surface area contributed by atoms with Gasteiger partial charge < -0.3 is 11.1 Å². The van der Waals surface area contributed by atoms with Crippen LogP contribution in [-0.2, 0) is 4.79 Å². The SMILES string of the molecule is NC(=O)C(Nc1ccc(Br)cc1)c1ccc(C2CC2)cc1. The van der Waals surface area contributed by atoms with E-state index < -0.39 is 6.04 Å². The largest absolute Gasteiger partial charge is 0.370 e. The third-order valence-electron chi connectivity index (χ3n) is 3.76. The molecule has 0 spiro atoms. The monoisotopic (exact) mass is 344 g/mol. The molecule has 0 aromatic heterocycles. The van der Waals surface area contributed by atoms with E-state index in [1.165, 1.54) is 18.4 Å². The normalized spacial score (nSPS) is 15.5. The Hall–Kier alpha value is -1.81. The van der Waals surface area contributed by atoms with E-state index in [0.717, 1.165) is 15.7 Å². The number of carbonyl (C=O) groups excluding carboxylic acids is 1. The van der Waals surface area contributed by atoms with Crippen LogP contribution in [0.5, 0.6) is 0 Å². The fourth-order valence-corrected chi connectivity index (χ4v) is 2.67. The number of halogens is 1. The molecule has 1 saturated carbocycles. The van der Waals surface area contributed by atoms with Crippen LogP contribution in [0.2, 0.25) is 0 Å². The number of rotatable bonds is 5. The zero-order chi connectivity index (χ0) is 14.8. The van der Waals surface area contributed by atoms with Crippen LogP contribution in [0.1, 0.15) is 35.9 Å². The van der Waals surface area contributed by atoms with Gasteiger partial charge in [-0.15, -0.1) is 0 Å². The Bertz CT molecular complexity index is 633. The molecule has 1 aliphatic carbocycles. The van der Waals surface area contributed by atoms with E-state index in [4.69, 9.17) is 5.73 Å².